The van der Waals surface area contributed by atoms with Crippen LogP contribution in [0.5, 0.6) is 0 Å². The Morgan fingerprint density at radius 3 is 3.12 bits per heavy atom. The van der Waals surface area contributed by atoms with E-state index in [9.17, 15) is 4.79 Å². The van der Waals surface area contributed by atoms with Crippen LogP contribution in [0.1, 0.15) is 30.5 Å². The second kappa shape index (κ2) is 6.94. The first kappa shape index (κ1) is 16.8. The van der Waals surface area contributed by atoms with Crippen LogP contribution in [0.15, 0.2) is 10.9 Å². The Hall–Kier alpha value is -2.62. The number of rotatable bonds is 4. The molecule has 10 heteroatoms. The van der Waals surface area contributed by atoms with Crippen molar-refractivity contribution in [2.24, 2.45) is 5.92 Å². The van der Waals surface area contributed by atoms with Gasteiger partial charge in [-0.25, -0.2) is 4.98 Å². The largest absolute Gasteiger partial charge is 0.355 e. The maximum absolute atomic E-state index is 12.7. The predicted molar refractivity (Wildman–Crippen MR) is 97.2 cm³/mol. The fourth-order valence-electron chi connectivity index (χ4n) is 3.18. The smallest absolute Gasteiger partial charge is 0.263 e. The van der Waals surface area contributed by atoms with Gasteiger partial charge in [0.15, 0.2) is 0 Å². The molecule has 26 heavy (non-hydrogen) atoms. The minimum atomic E-state index is -0.136. The number of carbonyl (C=O) groups is 1. The minimum absolute atomic E-state index is 0.0270. The lowest BCUT2D eigenvalue weighted by molar-refractivity contribution is -0.120. The first-order chi connectivity index (χ1) is 12.7. The van der Waals surface area contributed by atoms with E-state index in [2.05, 4.69) is 35.5 Å². The van der Waals surface area contributed by atoms with Crippen molar-refractivity contribution in [3.05, 3.63) is 17.0 Å². The van der Waals surface area contributed by atoms with E-state index in [-0.39, 0.29) is 11.8 Å². The molecule has 9 nitrogen and oxygen atoms in total. The van der Waals surface area contributed by atoms with Crippen molar-refractivity contribution in [2.45, 2.75) is 33.1 Å². The summed E-state index contributed by atoms with van der Waals surface area (Å²) in [5, 5.41) is 17.2. The monoisotopic (exact) mass is 373 g/mol. The maximum atomic E-state index is 12.7. The van der Waals surface area contributed by atoms with Crippen LogP contribution in [-0.2, 0) is 11.2 Å². The van der Waals surface area contributed by atoms with Crippen LogP contribution in [-0.4, -0.2) is 44.3 Å². The molecule has 0 aromatic carbocycles. The second-order valence-corrected chi connectivity index (χ2v) is 7.34. The lowest BCUT2D eigenvalue weighted by Gasteiger charge is -2.32. The van der Waals surface area contributed by atoms with Gasteiger partial charge in [-0.05, 0) is 26.2 Å². The van der Waals surface area contributed by atoms with Crippen molar-refractivity contribution in [1.82, 2.24) is 25.3 Å². The Morgan fingerprint density at radius 2 is 2.31 bits per heavy atom. The molecule has 1 fully saturated rings. The zero-order valence-electron chi connectivity index (χ0n) is 14.6. The molecule has 4 rings (SSSR count). The summed E-state index contributed by atoms with van der Waals surface area (Å²) in [4.78, 5) is 23.3. The second-order valence-electron chi connectivity index (χ2n) is 6.27. The molecule has 1 amide bonds. The quantitative estimate of drug-likeness (QED) is 0.741. The van der Waals surface area contributed by atoms with E-state index >= 15 is 0 Å². The SMILES string of the molecule is CCc1nnc(NC(=O)[C@H]2CCCN(c3ncnc4onc(C)c34)C2)s1. The molecular weight excluding hydrogens is 354 g/mol. The van der Waals surface area contributed by atoms with Gasteiger partial charge in [-0.1, -0.05) is 23.4 Å². The number of piperidine rings is 1. The molecule has 1 aliphatic rings. The number of fused-ring (bicyclic) bond motifs is 1. The average molecular weight is 373 g/mol. The molecule has 1 N–H and O–H groups in total. The molecule has 4 heterocycles. The van der Waals surface area contributed by atoms with Gasteiger partial charge in [-0.2, -0.15) is 4.98 Å². The van der Waals surface area contributed by atoms with Crippen molar-refractivity contribution < 1.29 is 9.32 Å². The van der Waals surface area contributed by atoms with Crippen LogP contribution in [0, 0.1) is 12.8 Å². The fourth-order valence-corrected chi connectivity index (χ4v) is 3.86. The van der Waals surface area contributed by atoms with Gasteiger partial charge in [0.25, 0.3) is 5.71 Å². The molecule has 0 aliphatic carbocycles. The normalized spacial score (nSPS) is 17.6. The molecule has 0 radical (unpaired) electrons. The third-order valence-electron chi connectivity index (χ3n) is 4.51. The standard InChI is InChI=1S/C16H19N7O2S/c1-3-11-20-21-16(26-11)19-14(24)10-5-4-6-23(7-10)13-12-9(2)22-25-15(12)18-8-17-13/h8,10H,3-7H2,1-2H3,(H,19,21,24)/t10-/m0/s1. The topological polar surface area (TPSA) is 110 Å². The van der Waals surface area contributed by atoms with Crippen LogP contribution in [0.25, 0.3) is 11.1 Å². The Balaban J connectivity index is 1.51. The van der Waals surface area contributed by atoms with Crippen LogP contribution < -0.4 is 10.2 Å². The Labute approximate surface area is 153 Å². The Morgan fingerprint density at radius 1 is 1.42 bits per heavy atom. The highest BCUT2D eigenvalue weighted by Crippen LogP contribution is 2.30. The van der Waals surface area contributed by atoms with Crippen molar-refractivity contribution in [1.29, 1.82) is 0 Å². The van der Waals surface area contributed by atoms with Gasteiger partial charge >= 0.3 is 0 Å². The zero-order chi connectivity index (χ0) is 18.1. The number of aromatic nitrogens is 5. The summed E-state index contributed by atoms with van der Waals surface area (Å²) >= 11 is 1.42. The van der Waals surface area contributed by atoms with Gasteiger partial charge in [0.2, 0.25) is 11.0 Å². The van der Waals surface area contributed by atoms with E-state index in [0.717, 1.165) is 47.7 Å². The number of amides is 1. The molecule has 1 atom stereocenters. The number of carbonyl (C=O) groups excluding carboxylic acids is 1. The highest BCUT2D eigenvalue weighted by Gasteiger charge is 2.29. The van der Waals surface area contributed by atoms with Crippen molar-refractivity contribution in [2.75, 3.05) is 23.3 Å². The Kier molecular flexibility index (Phi) is 4.49. The zero-order valence-corrected chi connectivity index (χ0v) is 15.4. The summed E-state index contributed by atoms with van der Waals surface area (Å²) < 4.78 is 5.23. The summed E-state index contributed by atoms with van der Waals surface area (Å²) in [6, 6.07) is 0. The molecule has 1 saturated heterocycles. The summed E-state index contributed by atoms with van der Waals surface area (Å²) in [5.74, 6) is 0.610. The molecular formula is C16H19N7O2S. The summed E-state index contributed by atoms with van der Waals surface area (Å²) in [6.07, 6.45) is 4.02. The van der Waals surface area contributed by atoms with Crippen LogP contribution in [0.2, 0.25) is 0 Å². The van der Waals surface area contributed by atoms with Crippen molar-refractivity contribution in [3.63, 3.8) is 0 Å². The molecule has 136 valence electrons. The lowest BCUT2D eigenvalue weighted by Crippen LogP contribution is -2.41. The fraction of sp³-hybridized carbons (Fsp3) is 0.500. The lowest BCUT2D eigenvalue weighted by atomic mass is 9.97. The van der Waals surface area contributed by atoms with E-state index in [4.69, 9.17) is 4.52 Å². The molecule has 3 aromatic rings. The van der Waals surface area contributed by atoms with Gasteiger partial charge < -0.3 is 14.7 Å². The number of hydrogen-bond acceptors (Lipinski definition) is 9. The first-order valence-corrected chi connectivity index (χ1v) is 9.42. The van der Waals surface area contributed by atoms with E-state index in [1.165, 1.54) is 17.7 Å². The number of nitrogens with zero attached hydrogens (tertiary/aromatic N) is 6. The van der Waals surface area contributed by atoms with Crippen LogP contribution in [0.3, 0.4) is 0 Å². The predicted octanol–water partition coefficient (Wildman–Crippen LogP) is 2.20. The molecule has 3 aromatic heterocycles. The molecule has 0 saturated carbocycles. The highest BCUT2D eigenvalue weighted by atomic mass is 32.1. The summed E-state index contributed by atoms with van der Waals surface area (Å²) in [5.41, 5.74) is 1.23. The molecule has 1 aliphatic heterocycles. The summed E-state index contributed by atoms with van der Waals surface area (Å²) in [6.45, 7) is 5.30. The Bertz CT molecular complexity index is 938. The van der Waals surface area contributed by atoms with Gasteiger partial charge in [-0.3, -0.25) is 4.79 Å². The summed E-state index contributed by atoms with van der Waals surface area (Å²) in [7, 11) is 0. The van der Waals surface area contributed by atoms with Crippen LogP contribution >= 0.6 is 11.3 Å². The van der Waals surface area contributed by atoms with Gasteiger partial charge in [-0.15, -0.1) is 10.2 Å². The maximum Gasteiger partial charge on any atom is 0.263 e. The number of anilines is 2. The molecule has 0 spiro atoms. The van der Waals surface area contributed by atoms with Crippen molar-refractivity contribution >= 4 is 39.3 Å². The van der Waals surface area contributed by atoms with Crippen molar-refractivity contribution in [3.8, 4) is 0 Å². The minimum Gasteiger partial charge on any atom is -0.355 e. The van der Waals surface area contributed by atoms with Gasteiger partial charge in [0.05, 0.1) is 11.6 Å². The van der Waals surface area contributed by atoms with E-state index < -0.39 is 0 Å². The van der Waals surface area contributed by atoms with E-state index in [1.54, 1.807) is 0 Å². The third-order valence-corrected chi connectivity index (χ3v) is 5.50. The van der Waals surface area contributed by atoms with Crippen LogP contribution in [0.4, 0.5) is 10.9 Å². The number of hydrogen-bond donors (Lipinski definition) is 1. The van der Waals surface area contributed by atoms with Gasteiger partial charge in [0, 0.05) is 13.1 Å². The van der Waals surface area contributed by atoms with Gasteiger partial charge in [0.1, 0.15) is 22.5 Å². The molecule has 0 bridgehead atoms. The number of aryl methyl sites for hydroxylation is 2. The molecule has 0 unspecified atom stereocenters. The third kappa shape index (κ3) is 3.12. The number of nitrogens with one attached hydrogen (secondary N) is 1. The first-order valence-electron chi connectivity index (χ1n) is 8.61. The van der Waals surface area contributed by atoms with E-state index in [0.29, 0.717) is 17.4 Å². The van der Waals surface area contributed by atoms with E-state index in [1.807, 2.05) is 13.8 Å². The highest BCUT2D eigenvalue weighted by molar-refractivity contribution is 7.15. The average Bonchev–Trinajstić information content (AvgIpc) is 3.28.